The molecule has 168 valence electrons. The van der Waals surface area contributed by atoms with Crippen molar-refractivity contribution >= 4 is 15.8 Å². The Morgan fingerprint density at radius 2 is 1.94 bits per heavy atom. The maximum Gasteiger partial charge on any atom is 0.257 e. The van der Waals surface area contributed by atoms with Crippen molar-refractivity contribution < 1.29 is 12.9 Å². The molecular weight excluding hydrogens is 426 g/mol. The Hall–Kier alpha value is -2.78. The highest BCUT2D eigenvalue weighted by Crippen LogP contribution is 2.28. The minimum Gasteiger partial charge on any atom is -0.357 e. The zero-order chi connectivity index (χ0) is 22.1. The van der Waals surface area contributed by atoms with E-state index in [0.29, 0.717) is 31.3 Å². The van der Waals surface area contributed by atoms with E-state index in [2.05, 4.69) is 32.2 Å². The van der Waals surface area contributed by atoms with Crippen LogP contribution in [0.5, 0.6) is 0 Å². The number of anilines is 1. The zero-order valence-corrected chi connectivity index (χ0v) is 19.0. The highest BCUT2D eigenvalue weighted by atomic mass is 32.2. The molecule has 0 atom stereocenters. The molecule has 0 aliphatic carbocycles. The number of aromatic nitrogens is 3. The Balaban J connectivity index is 1.21. The van der Waals surface area contributed by atoms with E-state index in [4.69, 9.17) is 4.52 Å². The van der Waals surface area contributed by atoms with Gasteiger partial charge in [-0.15, -0.1) is 0 Å². The molecule has 32 heavy (non-hydrogen) atoms. The van der Waals surface area contributed by atoms with Gasteiger partial charge in [-0.3, -0.25) is 0 Å². The van der Waals surface area contributed by atoms with Crippen molar-refractivity contribution in [1.29, 1.82) is 0 Å². The minimum absolute atomic E-state index is 0.417. The van der Waals surface area contributed by atoms with E-state index >= 15 is 0 Å². The van der Waals surface area contributed by atoms with E-state index in [1.54, 1.807) is 0 Å². The molecule has 0 spiro atoms. The number of fused-ring (bicyclic) bond motifs is 1. The summed E-state index contributed by atoms with van der Waals surface area (Å²) >= 11 is 0. The summed E-state index contributed by atoms with van der Waals surface area (Å²) < 4.78 is 30.7. The van der Waals surface area contributed by atoms with Crippen molar-refractivity contribution in [1.82, 2.24) is 19.4 Å². The highest BCUT2D eigenvalue weighted by Gasteiger charge is 2.25. The lowest BCUT2D eigenvalue weighted by molar-refractivity contribution is 0.377. The van der Waals surface area contributed by atoms with Crippen LogP contribution in [0.2, 0.25) is 0 Å². The second-order valence-electron chi connectivity index (χ2n) is 8.67. The van der Waals surface area contributed by atoms with Gasteiger partial charge in [0, 0.05) is 44.4 Å². The first-order chi connectivity index (χ1) is 15.5. The maximum atomic E-state index is 11.8. The van der Waals surface area contributed by atoms with Crippen LogP contribution in [-0.2, 0) is 29.4 Å². The van der Waals surface area contributed by atoms with Gasteiger partial charge in [-0.2, -0.15) is 9.29 Å². The molecule has 9 heteroatoms. The predicted molar refractivity (Wildman–Crippen MR) is 122 cm³/mol. The minimum atomic E-state index is -3.18. The van der Waals surface area contributed by atoms with Crippen molar-refractivity contribution in [2.75, 3.05) is 30.8 Å². The van der Waals surface area contributed by atoms with Gasteiger partial charge in [0.25, 0.3) is 5.89 Å². The molecule has 1 fully saturated rings. The molecule has 0 amide bonds. The van der Waals surface area contributed by atoms with E-state index < -0.39 is 10.0 Å². The topological polar surface area (TPSA) is 92.4 Å². The quantitative estimate of drug-likeness (QED) is 0.586. The first-order valence-corrected chi connectivity index (χ1v) is 12.9. The highest BCUT2D eigenvalue weighted by molar-refractivity contribution is 7.88. The molecule has 4 heterocycles. The van der Waals surface area contributed by atoms with E-state index in [1.807, 2.05) is 30.5 Å². The zero-order valence-electron chi connectivity index (χ0n) is 18.1. The fourth-order valence-electron chi connectivity index (χ4n) is 4.56. The van der Waals surface area contributed by atoms with Crippen LogP contribution in [-0.4, -0.2) is 53.7 Å². The van der Waals surface area contributed by atoms with Crippen LogP contribution in [0.3, 0.4) is 0 Å². The van der Waals surface area contributed by atoms with Gasteiger partial charge in [-0.1, -0.05) is 17.3 Å². The molecule has 0 saturated carbocycles. The van der Waals surface area contributed by atoms with Crippen LogP contribution in [0.4, 0.5) is 5.82 Å². The predicted octanol–water partition coefficient (Wildman–Crippen LogP) is 2.91. The van der Waals surface area contributed by atoms with Crippen LogP contribution in [0.15, 0.2) is 47.1 Å². The number of nitrogens with zero attached hydrogens (tertiary/aromatic N) is 5. The van der Waals surface area contributed by atoms with Gasteiger partial charge in [-0.05, 0) is 60.6 Å². The second kappa shape index (κ2) is 8.63. The summed E-state index contributed by atoms with van der Waals surface area (Å²) in [4.78, 5) is 11.4. The fourth-order valence-corrected chi connectivity index (χ4v) is 5.36. The van der Waals surface area contributed by atoms with Crippen LogP contribution < -0.4 is 4.90 Å². The standard InChI is InChI=1S/C23H27N5O3S/c1-32(29,30)28-13-9-18-15-19(5-6-20(18)16-28)23-25-21(26-31-23)14-17-7-11-27(12-8-17)22-4-2-3-10-24-22/h2-6,10,15,17H,7-9,11-14,16H2,1H3. The first kappa shape index (κ1) is 21.1. The lowest BCUT2D eigenvalue weighted by atomic mass is 9.93. The Kier molecular flexibility index (Phi) is 5.69. The normalized spacial score (nSPS) is 18.0. The second-order valence-corrected chi connectivity index (χ2v) is 10.7. The van der Waals surface area contributed by atoms with Crippen molar-refractivity contribution in [3.05, 3.63) is 59.5 Å². The number of hydrogen-bond donors (Lipinski definition) is 0. The summed E-state index contributed by atoms with van der Waals surface area (Å²) in [6.07, 6.45) is 6.76. The molecule has 0 unspecified atom stereocenters. The molecule has 3 aromatic rings. The van der Waals surface area contributed by atoms with Crippen molar-refractivity contribution in [2.45, 2.75) is 32.2 Å². The average molecular weight is 454 g/mol. The van der Waals surface area contributed by atoms with Crippen molar-refractivity contribution in [2.24, 2.45) is 5.92 Å². The largest absolute Gasteiger partial charge is 0.357 e. The van der Waals surface area contributed by atoms with Crippen LogP contribution >= 0.6 is 0 Å². The van der Waals surface area contributed by atoms with Gasteiger partial charge in [0.05, 0.1) is 6.26 Å². The SMILES string of the molecule is CS(=O)(=O)N1CCc2cc(-c3nc(CC4CCN(c5ccccn5)CC4)no3)ccc2C1. The average Bonchev–Trinajstić information content (AvgIpc) is 3.27. The molecule has 1 saturated heterocycles. The van der Waals surface area contributed by atoms with Crippen molar-refractivity contribution in [3.8, 4) is 11.5 Å². The Labute approximate surface area is 188 Å². The van der Waals surface area contributed by atoms with Gasteiger partial charge < -0.3 is 9.42 Å². The van der Waals surface area contributed by atoms with Gasteiger partial charge in [0.2, 0.25) is 10.0 Å². The van der Waals surface area contributed by atoms with E-state index in [0.717, 1.165) is 60.7 Å². The maximum absolute atomic E-state index is 11.8. The summed E-state index contributed by atoms with van der Waals surface area (Å²) in [6, 6.07) is 12.0. The molecule has 2 aliphatic heterocycles. The van der Waals surface area contributed by atoms with Gasteiger partial charge >= 0.3 is 0 Å². The smallest absolute Gasteiger partial charge is 0.257 e. The number of sulfonamides is 1. The molecule has 0 N–H and O–H groups in total. The van der Waals surface area contributed by atoms with Crippen LogP contribution in [0.1, 0.15) is 29.8 Å². The molecular formula is C23H27N5O3S. The Bertz CT molecular complexity index is 1190. The number of rotatable bonds is 5. The van der Waals surface area contributed by atoms with Gasteiger partial charge in [0.15, 0.2) is 5.82 Å². The summed E-state index contributed by atoms with van der Waals surface area (Å²) in [5, 5.41) is 4.22. The van der Waals surface area contributed by atoms with E-state index in [-0.39, 0.29) is 0 Å². The van der Waals surface area contributed by atoms with Crippen LogP contribution in [0, 0.1) is 5.92 Å². The summed E-state index contributed by atoms with van der Waals surface area (Å²) in [5.41, 5.74) is 3.06. The van der Waals surface area contributed by atoms with E-state index in [1.165, 1.54) is 10.6 Å². The molecule has 2 aromatic heterocycles. The summed E-state index contributed by atoms with van der Waals surface area (Å²) in [7, 11) is -3.18. The number of pyridine rings is 1. The lowest BCUT2D eigenvalue weighted by Crippen LogP contribution is -2.35. The number of benzene rings is 1. The molecule has 2 aliphatic rings. The summed E-state index contributed by atoms with van der Waals surface area (Å²) in [6.45, 7) is 2.89. The number of piperidine rings is 1. The van der Waals surface area contributed by atoms with Crippen molar-refractivity contribution in [3.63, 3.8) is 0 Å². The van der Waals surface area contributed by atoms with Gasteiger partial charge in [0.1, 0.15) is 5.82 Å². The monoisotopic (exact) mass is 453 g/mol. The molecule has 8 nitrogen and oxygen atoms in total. The fraction of sp³-hybridized carbons (Fsp3) is 0.435. The van der Waals surface area contributed by atoms with E-state index in [9.17, 15) is 8.42 Å². The third kappa shape index (κ3) is 4.54. The molecule has 0 radical (unpaired) electrons. The lowest BCUT2D eigenvalue weighted by Gasteiger charge is -2.32. The third-order valence-corrected chi connectivity index (χ3v) is 7.68. The van der Waals surface area contributed by atoms with Gasteiger partial charge in [-0.25, -0.2) is 13.4 Å². The first-order valence-electron chi connectivity index (χ1n) is 11.0. The van der Waals surface area contributed by atoms with Crippen LogP contribution in [0.25, 0.3) is 11.5 Å². The molecule has 0 bridgehead atoms. The Morgan fingerprint density at radius 1 is 1.09 bits per heavy atom. The Morgan fingerprint density at radius 3 is 2.69 bits per heavy atom. The third-order valence-electron chi connectivity index (χ3n) is 6.43. The number of hydrogen-bond acceptors (Lipinski definition) is 7. The molecule has 1 aromatic carbocycles. The molecule has 5 rings (SSSR count). The summed E-state index contributed by atoms with van der Waals surface area (Å²) in [5.74, 6) is 2.85.